The molecule has 35 heavy (non-hydrogen) atoms. The highest BCUT2D eigenvalue weighted by Gasteiger charge is 2.47. The third-order valence-electron chi connectivity index (χ3n) is 6.80. The molecule has 2 aliphatic heterocycles. The third-order valence-corrected chi connectivity index (χ3v) is 6.80. The maximum atomic E-state index is 13.8. The number of anilines is 1. The molecule has 2 aromatic rings. The van der Waals surface area contributed by atoms with Crippen LogP contribution in [0.25, 0.3) is 0 Å². The van der Waals surface area contributed by atoms with Crippen molar-refractivity contribution in [1.82, 2.24) is 4.90 Å². The van der Waals surface area contributed by atoms with E-state index in [1.165, 1.54) is 0 Å². The molecule has 4 rings (SSSR count). The quantitative estimate of drug-likeness (QED) is 0.563. The van der Waals surface area contributed by atoms with E-state index in [9.17, 15) is 14.4 Å². The van der Waals surface area contributed by atoms with E-state index in [2.05, 4.69) is 0 Å². The lowest BCUT2D eigenvalue weighted by Crippen LogP contribution is -2.46. The highest BCUT2D eigenvalue weighted by molar-refractivity contribution is 6.01. The van der Waals surface area contributed by atoms with Crippen molar-refractivity contribution in [3.05, 3.63) is 54.1 Å². The normalized spacial score (nSPS) is 22.1. The molecule has 2 aromatic carbocycles. The largest absolute Gasteiger partial charge is 0.497 e. The summed E-state index contributed by atoms with van der Waals surface area (Å²) in [6.45, 7) is 2.98. The summed E-state index contributed by atoms with van der Waals surface area (Å²) >= 11 is 0. The highest BCUT2D eigenvalue weighted by Crippen LogP contribution is 2.43. The van der Waals surface area contributed by atoms with Gasteiger partial charge in [0.2, 0.25) is 11.8 Å². The Morgan fingerprint density at radius 1 is 0.971 bits per heavy atom. The van der Waals surface area contributed by atoms with Gasteiger partial charge >= 0.3 is 5.97 Å². The first-order chi connectivity index (χ1) is 17.0. The second kappa shape index (κ2) is 10.8. The van der Waals surface area contributed by atoms with E-state index in [1.54, 1.807) is 43.1 Å². The molecule has 0 radical (unpaired) electrons. The number of carbonyl (C=O) groups excluding carboxylic acids is 3. The van der Waals surface area contributed by atoms with Crippen LogP contribution in [-0.2, 0) is 19.1 Å². The minimum atomic E-state index is -0.570. The van der Waals surface area contributed by atoms with Gasteiger partial charge in [0, 0.05) is 25.2 Å². The van der Waals surface area contributed by atoms with Crippen molar-refractivity contribution in [2.75, 3.05) is 38.8 Å². The van der Waals surface area contributed by atoms with Crippen molar-refractivity contribution < 1.29 is 28.6 Å². The molecule has 0 spiro atoms. The number of esters is 1. The number of carbonyl (C=O) groups is 3. The van der Waals surface area contributed by atoms with Crippen LogP contribution in [0.2, 0.25) is 0 Å². The van der Waals surface area contributed by atoms with Crippen LogP contribution in [0.4, 0.5) is 5.69 Å². The van der Waals surface area contributed by atoms with Gasteiger partial charge in [0.25, 0.3) is 0 Å². The van der Waals surface area contributed by atoms with E-state index < -0.39 is 12.0 Å². The van der Waals surface area contributed by atoms with Gasteiger partial charge in [0.05, 0.1) is 38.7 Å². The summed E-state index contributed by atoms with van der Waals surface area (Å²) in [6.07, 6.45) is 1.53. The van der Waals surface area contributed by atoms with Crippen LogP contribution < -0.4 is 14.4 Å². The van der Waals surface area contributed by atoms with Crippen molar-refractivity contribution in [3.63, 3.8) is 0 Å². The molecule has 8 nitrogen and oxygen atoms in total. The lowest BCUT2D eigenvalue weighted by Gasteiger charge is -2.35. The number of ether oxygens (including phenoxy) is 3. The van der Waals surface area contributed by atoms with Gasteiger partial charge in [0.15, 0.2) is 0 Å². The first kappa shape index (κ1) is 24.6. The Labute approximate surface area is 205 Å². The van der Waals surface area contributed by atoms with Gasteiger partial charge in [-0.05, 0) is 61.7 Å². The molecule has 3 atom stereocenters. The van der Waals surface area contributed by atoms with E-state index in [1.807, 2.05) is 36.4 Å². The third kappa shape index (κ3) is 5.11. The van der Waals surface area contributed by atoms with Gasteiger partial charge in [-0.1, -0.05) is 12.1 Å². The molecule has 3 unspecified atom stereocenters. The van der Waals surface area contributed by atoms with Crippen LogP contribution in [0.15, 0.2) is 48.5 Å². The van der Waals surface area contributed by atoms with Crippen LogP contribution in [0.5, 0.6) is 11.5 Å². The summed E-state index contributed by atoms with van der Waals surface area (Å²) in [6, 6.07) is 14.3. The zero-order chi connectivity index (χ0) is 24.9. The Morgan fingerprint density at radius 3 is 2.20 bits per heavy atom. The Balaban J connectivity index is 1.65. The number of methoxy groups -OCH3 is 2. The molecule has 0 bridgehead atoms. The average molecular weight is 481 g/mol. The van der Waals surface area contributed by atoms with Gasteiger partial charge in [-0.15, -0.1) is 0 Å². The maximum Gasteiger partial charge on any atom is 0.310 e. The Bertz CT molecular complexity index is 1050. The number of hydrogen-bond donors (Lipinski definition) is 0. The second-order valence-electron chi connectivity index (χ2n) is 8.87. The fourth-order valence-electron chi connectivity index (χ4n) is 5.05. The van der Waals surface area contributed by atoms with Crippen molar-refractivity contribution in [3.8, 4) is 11.5 Å². The monoisotopic (exact) mass is 480 g/mol. The number of piperidine rings is 1. The fraction of sp³-hybridized carbons (Fsp3) is 0.444. The lowest BCUT2D eigenvalue weighted by atomic mass is 9.90. The molecule has 2 amide bonds. The molecule has 2 saturated heterocycles. The molecule has 2 heterocycles. The summed E-state index contributed by atoms with van der Waals surface area (Å²) in [5, 5.41) is 0. The molecule has 0 aliphatic carbocycles. The molecular weight excluding hydrogens is 448 g/mol. The number of hydrogen-bond acceptors (Lipinski definition) is 6. The first-order valence-corrected chi connectivity index (χ1v) is 12.0. The van der Waals surface area contributed by atoms with Gasteiger partial charge in [-0.25, -0.2) is 0 Å². The zero-order valence-electron chi connectivity index (χ0n) is 20.4. The molecule has 186 valence electrons. The Morgan fingerprint density at radius 2 is 1.60 bits per heavy atom. The van der Waals surface area contributed by atoms with Gasteiger partial charge < -0.3 is 24.0 Å². The van der Waals surface area contributed by atoms with Crippen molar-refractivity contribution in [2.24, 2.45) is 11.8 Å². The summed E-state index contributed by atoms with van der Waals surface area (Å²) in [5.74, 6) is -0.00467. The summed E-state index contributed by atoms with van der Waals surface area (Å²) in [7, 11) is 3.19. The maximum absolute atomic E-state index is 13.8. The van der Waals surface area contributed by atoms with Crippen LogP contribution in [0.1, 0.15) is 37.8 Å². The van der Waals surface area contributed by atoms with Crippen LogP contribution in [-0.4, -0.2) is 56.6 Å². The van der Waals surface area contributed by atoms with Crippen LogP contribution >= 0.6 is 0 Å². The van der Waals surface area contributed by atoms with Crippen molar-refractivity contribution in [1.29, 1.82) is 0 Å². The van der Waals surface area contributed by atoms with Gasteiger partial charge in [0.1, 0.15) is 11.5 Å². The standard InChI is InChI=1S/C27H32N2O6/c1-4-35-27(32)19-6-5-15-28(17-19)26(31)23-16-24(30)29(20-9-13-22(34-3)14-10-20)25(23)18-7-11-21(33-2)12-8-18/h7-14,19,23,25H,4-6,15-17H2,1-3H3. The Kier molecular flexibility index (Phi) is 7.58. The van der Waals surface area contributed by atoms with E-state index in [0.29, 0.717) is 43.3 Å². The van der Waals surface area contributed by atoms with E-state index >= 15 is 0 Å². The fourth-order valence-corrected chi connectivity index (χ4v) is 5.05. The molecule has 0 saturated carbocycles. The van der Waals surface area contributed by atoms with Crippen molar-refractivity contribution >= 4 is 23.5 Å². The predicted molar refractivity (Wildman–Crippen MR) is 130 cm³/mol. The predicted octanol–water partition coefficient (Wildman–Crippen LogP) is 3.60. The van der Waals surface area contributed by atoms with Crippen LogP contribution in [0.3, 0.4) is 0 Å². The van der Waals surface area contributed by atoms with Crippen LogP contribution in [0, 0.1) is 11.8 Å². The minimum absolute atomic E-state index is 0.0993. The van der Waals surface area contributed by atoms with Crippen molar-refractivity contribution in [2.45, 2.75) is 32.2 Å². The number of nitrogens with zero attached hydrogens (tertiary/aromatic N) is 2. The number of benzene rings is 2. The van der Waals surface area contributed by atoms with E-state index in [0.717, 1.165) is 12.0 Å². The zero-order valence-corrected chi connectivity index (χ0v) is 20.4. The molecule has 0 N–H and O–H groups in total. The molecule has 2 fully saturated rings. The molecule has 8 heteroatoms. The minimum Gasteiger partial charge on any atom is -0.497 e. The number of rotatable bonds is 7. The molecule has 2 aliphatic rings. The highest BCUT2D eigenvalue weighted by atomic mass is 16.5. The summed E-state index contributed by atoms with van der Waals surface area (Å²) in [5.41, 5.74) is 1.56. The second-order valence-corrected chi connectivity index (χ2v) is 8.87. The Hall–Kier alpha value is -3.55. The van der Waals surface area contributed by atoms with E-state index in [4.69, 9.17) is 14.2 Å². The molecular formula is C27H32N2O6. The smallest absolute Gasteiger partial charge is 0.310 e. The molecule has 0 aromatic heterocycles. The van der Waals surface area contributed by atoms with Gasteiger partial charge in [-0.2, -0.15) is 0 Å². The van der Waals surface area contributed by atoms with Gasteiger partial charge in [-0.3, -0.25) is 14.4 Å². The number of amides is 2. The lowest BCUT2D eigenvalue weighted by molar-refractivity contribution is -0.152. The van der Waals surface area contributed by atoms with E-state index in [-0.39, 0.29) is 30.1 Å². The summed E-state index contributed by atoms with van der Waals surface area (Å²) < 4.78 is 15.8. The first-order valence-electron chi connectivity index (χ1n) is 12.0. The summed E-state index contributed by atoms with van der Waals surface area (Å²) in [4.78, 5) is 42.9. The number of likely N-dealkylation sites (tertiary alicyclic amines) is 1. The average Bonchev–Trinajstić information content (AvgIpc) is 3.25. The SMILES string of the molecule is CCOC(=O)C1CCCN(C(=O)C2CC(=O)N(c3ccc(OC)cc3)C2c2ccc(OC)cc2)C1. The topological polar surface area (TPSA) is 85.4 Å².